The number of carbonyl (C=O) groups is 3. The molecule has 7 heteroatoms. The molecule has 3 aliphatic heterocycles. The molecule has 3 saturated heterocycles. The number of aryl methyl sites for hydroxylation is 2. The van der Waals surface area contributed by atoms with E-state index in [9.17, 15) is 14.4 Å². The summed E-state index contributed by atoms with van der Waals surface area (Å²) in [5.74, 6) is -0.0395. The minimum Gasteiger partial charge on any atom is -0.368 e. The highest BCUT2D eigenvalue weighted by atomic mass is 16.2. The predicted octanol–water partition coefficient (Wildman–Crippen LogP) is 3.55. The maximum absolute atomic E-state index is 13.3. The van der Waals surface area contributed by atoms with Gasteiger partial charge in [0.05, 0.1) is 5.92 Å². The molecule has 3 amide bonds. The van der Waals surface area contributed by atoms with Gasteiger partial charge in [0, 0.05) is 69.5 Å². The first-order chi connectivity index (χ1) is 17.8. The highest BCUT2D eigenvalue weighted by Gasteiger charge is 2.39. The molecule has 37 heavy (non-hydrogen) atoms. The van der Waals surface area contributed by atoms with Crippen molar-refractivity contribution in [2.75, 3.05) is 55.6 Å². The first-order valence-electron chi connectivity index (χ1n) is 13.6. The second-order valence-electron chi connectivity index (χ2n) is 10.9. The van der Waals surface area contributed by atoms with Crippen molar-refractivity contribution in [3.8, 4) is 0 Å². The Bertz CT molecular complexity index is 1160. The molecule has 0 saturated carbocycles. The molecule has 196 valence electrons. The van der Waals surface area contributed by atoms with Crippen LogP contribution in [0.2, 0.25) is 0 Å². The zero-order valence-corrected chi connectivity index (χ0v) is 22.3. The second-order valence-corrected chi connectivity index (χ2v) is 10.9. The van der Waals surface area contributed by atoms with Crippen molar-refractivity contribution < 1.29 is 14.4 Å². The number of anilines is 2. The molecule has 2 aromatic rings. The smallest absolute Gasteiger partial charge is 0.228 e. The van der Waals surface area contributed by atoms with E-state index in [1.54, 1.807) is 4.90 Å². The van der Waals surface area contributed by atoms with Crippen LogP contribution < -0.4 is 9.80 Å². The van der Waals surface area contributed by atoms with Crippen LogP contribution in [-0.2, 0) is 14.4 Å². The van der Waals surface area contributed by atoms with Gasteiger partial charge in [0.1, 0.15) is 0 Å². The molecule has 3 heterocycles. The SMILES string of the molecule is Cc1ccc(N2CC(C(=O)N3CCC(C(=O)N4CCN(c5cccc(C)c5C)CC4)CC3)CC2=O)cc1. The maximum Gasteiger partial charge on any atom is 0.228 e. The summed E-state index contributed by atoms with van der Waals surface area (Å²) >= 11 is 0. The van der Waals surface area contributed by atoms with Crippen LogP contribution >= 0.6 is 0 Å². The lowest BCUT2D eigenvalue weighted by atomic mass is 9.93. The fourth-order valence-electron chi connectivity index (χ4n) is 5.96. The van der Waals surface area contributed by atoms with Gasteiger partial charge in [0.2, 0.25) is 17.7 Å². The van der Waals surface area contributed by atoms with Gasteiger partial charge in [-0.1, -0.05) is 29.8 Å². The Hall–Kier alpha value is -3.35. The van der Waals surface area contributed by atoms with E-state index in [2.05, 4.69) is 36.9 Å². The lowest BCUT2D eigenvalue weighted by molar-refractivity contribution is -0.142. The fraction of sp³-hybridized carbons (Fsp3) is 0.500. The summed E-state index contributed by atoms with van der Waals surface area (Å²) in [5, 5.41) is 0. The van der Waals surface area contributed by atoms with E-state index in [-0.39, 0.29) is 36.0 Å². The van der Waals surface area contributed by atoms with Crippen molar-refractivity contribution in [2.45, 2.75) is 40.0 Å². The normalized spacial score (nSPS) is 21.1. The van der Waals surface area contributed by atoms with Gasteiger partial charge < -0.3 is 19.6 Å². The number of benzene rings is 2. The van der Waals surface area contributed by atoms with Gasteiger partial charge in [-0.25, -0.2) is 0 Å². The molecule has 0 aliphatic carbocycles. The van der Waals surface area contributed by atoms with Crippen molar-refractivity contribution in [3.05, 3.63) is 59.2 Å². The van der Waals surface area contributed by atoms with Gasteiger partial charge >= 0.3 is 0 Å². The standard InChI is InChI=1S/C30H38N4O3/c1-21-7-9-26(10-8-21)34-20-25(19-28(34)35)30(37)32-13-11-24(12-14-32)29(36)33-17-15-31(16-18-33)27-6-4-5-22(2)23(27)3/h4-10,24-25H,11-20H2,1-3H3. The van der Waals surface area contributed by atoms with Crippen molar-refractivity contribution in [1.29, 1.82) is 0 Å². The van der Waals surface area contributed by atoms with Gasteiger partial charge in [0.25, 0.3) is 0 Å². The van der Waals surface area contributed by atoms with E-state index >= 15 is 0 Å². The molecule has 0 spiro atoms. The number of carbonyl (C=O) groups excluding carboxylic acids is 3. The van der Waals surface area contributed by atoms with Crippen molar-refractivity contribution in [3.63, 3.8) is 0 Å². The monoisotopic (exact) mass is 502 g/mol. The van der Waals surface area contributed by atoms with E-state index < -0.39 is 0 Å². The van der Waals surface area contributed by atoms with E-state index in [4.69, 9.17) is 0 Å². The van der Waals surface area contributed by atoms with Crippen LogP contribution in [0, 0.1) is 32.6 Å². The van der Waals surface area contributed by atoms with Gasteiger partial charge in [-0.3, -0.25) is 14.4 Å². The summed E-state index contributed by atoms with van der Waals surface area (Å²) in [4.78, 5) is 47.1. The molecule has 7 nitrogen and oxygen atoms in total. The van der Waals surface area contributed by atoms with Crippen molar-refractivity contribution in [2.24, 2.45) is 11.8 Å². The summed E-state index contributed by atoms with van der Waals surface area (Å²) in [7, 11) is 0. The predicted molar refractivity (Wildman–Crippen MR) is 146 cm³/mol. The molecular formula is C30H38N4O3. The lowest BCUT2D eigenvalue weighted by Crippen LogP contribution is -2.52. The molecule has 0 bridgehead atoms. The van der Waals surface area contributed by atoms with Crippen LogP contribution in [-0.4, -0.2) is 73.3 Å². The summed E-state index contributed by atoms with van der Waals surface area (Å²) in [6.45, 7) is 11.1. The molecule has 1 atom stereocenters. The molecule has 3 aliphatic rings. The lowest BCUT2D eigenvalue weighted by Gasteiger charge is -2.40. The number of nitrogens with zero attached hydrogens (tertiary/aromatic N) is 4. The van der Waals surface area contributed by atoms with Gasteiger partial charge in [0.15, 0.2) is 0 Å². The first kappa shape index (κ1) is 25.3. The number of hydrogen-bond donors (Lipinski definition) is 0. The van der Waals surface area contributed by atoms with E-state index in [1.807, 2.05) is 41.0 Å². The number of hydrogen-bond acceptors (Lipinski definition) is 4. The molecule has 0 aromatic heterocycles. The van der Waals surface area contributed by atoms with Gasteiger partial charge in [-0.05, 0) is 62.9 Å². The minimum absolute atomic E-state index is 0.00673. The summed E-state index contributed by atoms with van der Waals surface area (Å²) in [6, 6.07) is 14.3. The maximum atomic E-state index is 13.3. The van der Waals surface area contributed by atoms with Crippen molar-refractivity contribution in [1.82, 2.24) is 9.80 Å². The summed E-state index contributed by atoms with van der Waals surface area (Å²) < 4.78 is 0. The highest BCUT2D eigenvalue weighted by molar-refractivity contribution is 6.00. The van der Waals surface area contributed by atoms with Gasteiger partial charge in [-0.2, -0.15) is 0 Å². The van der Waals surface area contributed by atoms with Gasteiger partial charge in [-0.15, -0.1) is 0 Å². The third-order valence-electron chi connectivity index (χ3n) is 8.48. The third kappa shape index (κ3) is 5.22. The van der Waals surface area contributed by atoms with Crippen LogP contribution in [0.1, 0.15) is 36.0 Å². The summed E-state index contributed by atoms with van der Waals surface area (Å²) in [6.07, 6.45) is 1.66. The Balaban J connectivity index is 1.11. The Labute approximate surface area is 220 Å². The minimum atomic E-state index is -0.306. The summed E-state index contributed by atoms with van der Waals surface area (Å²) in [5.41, 5.74) is 5.87. The second kappa shape index (κ2) is 10.6. The number of rotatable bonds is 4. The van der Waals surface area contributed by atoms with E-state index in [0.717, 1.165) is 37.4 Å². The zero-order valence-electron chi connectivity index (χ0n) is 22.3. The average Bonchev–Trinajstić information content (AvgIpc) is 3.31. The molecule has 0 N–H and O–H groups in total. The molecular weight excluding hydrogens is 464 g/mol. The first-order valence-corrected chi connectivity index (χ1v) is 13.6. The topological polar surface area (TPSA) is 64.2 Å². The third-order valence-corrected chi connectivity index (χ3v) is 8.48. The zero-order chi connectivity index (χ0) is 26.1. The Morgan fingerprint density at radius 1 is 0.757 bits per heavy atom. The average molecular weight is 503 g/mol. The number of piperazine rings is 1. The molecule has 3 fully saturated rings. The molecule has 2 aromatic carbocycles. The Kier molecular flexibility index (Phi) is 7.22. The quantitative estimate of drug-likeness (QED) is 0.642. The van der Waals surface area contributed by atoms with E-state index in [0.29, 0.717) is 32.5 Å². The number of piperidine rings is 1. The van der Waals surface area contributed by atoms with E-state index in [1.165, 1.54) is 16.8 Å². The molecule has 5 rings (SSSR count). The van der Waals surface area contributed by atoms with Crippen LogP contribution in [0.25, 0.3) is 0 Å². The number of likely N-dealkylation sites (tertiary alicyclic amines) is 1. The van der Waals surface area contributed by atoms with Crippen LogP contribution in [0.4, 0.5) is 11.4 Å². The van der Waals surface area contributed by atoms with Crippen LogP contribution in [0.5, 0.6) is 0 Å². The highest BCUT2D eigenvalue weighted by Crippen LogP contribution is 2.29. The Morgan fingerprint density at radius 3 is 2.05 bits per heavy atom. The Morgan fingerprint density at radius 2 is 1.38 bits per heavy atom. The molecule has 0 radical (unpaired) electrons. The number of amides is 3. The van der Waals surface area contributed by atoms with Crippen molar-refractivity contribution >= 4 is 29.1 Å². The van der Waals surface area contributed by atoms with Crippen LogP contribution in [0.3, 0.4) is 0 Å². The fourth-order valence-corrected chi connectivity index (χ4v) is 5.96. The molecule has 1 unspecified atom stereocenters. The largest absolute Gasteiger partial charge is 0.368 e. The van der Waals surface area contributed by atoms with Crippen LogP contribution in [0.15, 0.2) is 42.5 Å².